The molecule has 3 aromatic rings. The molecule has 34 heavy (non-hydrogen) atoms. The van der Waals surface area contributed by atoms with E-state index in [2.05, 4.69) is 40.9 Å². The summed E-state index contributed by atoms with van der Waals surface area (Å²) < 4.78 is 35.9. The van der Waals surface area contributed by atoms with Crippen molar-refractivity contribution in [2.45, 2.75) is 26.7 Å². The molecule has 1 aliphatic rings. The number of allylic oxidation sites excluding steroid dienone is 6. The molecule has 0 unspecified atom stereocenters. The highest BCUT2D eigenvalue weighted by atomic mass is 19.2. The van der Waals surface area contributed by atoms with Gasteiger partial charge in [-0.25, -0.2) is 14.4 Å². The minimum Gasteiger partial charge on any atom is -0.476 e. The fourth-order valence-corrected chi connectivity index (χ4v) is 3.72. The average molecular weight is 460 g/mol. The summed E-state index contributed by atoms with van der Waals surface area (Å²) in [5, 5.41) is 11.9. The molecule has 1 aromatic carbocycles. The van der Waals surface area contributed by atoms with Crippen LogP contribution >= 0.6 is 0 Å². The van der Waals surface area contributed by atoms with Crippen molar-refractivity contribution in [3.8, 4) is 23.1 Å². The maximum absolute atomic E-state index is 14.8. The lowest BCUT2D eigenvalue weighted by atomic mass is 10.0. The summed E-state index contributed by atoms with van der Waals surface area (Å²) in [6.07, 6.45) is 12.4. The van der Waals surface area contributed by atoms with E-state index in [1.54, 1.807) is 22.9 Å². The van der Waals surface area contributed by atoms with Crippen molar-refractivity contribution in [2.75, 3.05) is 11.9 Å². The van der Waals surface area contributed by atoms with E-state index in [0.717, 1.165) is 17.7 Å². The van der Waals surface area contributed by atoms with Gasteiger partial charge in [-0.05, 0) is 44.1 Å². The van der Waals surface area contributed by atoms with Crippen molar-refractivity contribution in [1.29, 1.82) is 5.26 Å². The van der Waals surface area contributed by atoms with Crippen molar-refractivity contribution >= 4 is 11.5 Å². The number of halogens is 2. The second-order valence-electron chi connectivity index (χ2n) is 8.03. The Balaban J connectivity index is 1.67. The van der Waals surface area contributed by atoms with Gasteiger partial charge in [-0.1, -0.05) is 29.9 Å². The minimum atomic E-state index is -1.15. The lowest BCUT2D eigenvalue weighted by Crippen LogP contribution is -2.04. The van der Waals surface area contributed by atoms with Gasteiger partial charge in [0.1, 0.15) is 6.07 Å². The molecule has 0 aliphatic heterocycles. The number of rotatable bonds is 7. The lowest BCUT2D eigenvalue weighted by Gasteiger charge is -2.10. The van der Waals surface area contributed by atoms with Gasteiger partial charge in [0.2, 0.25) is 5.82 Å². The number of aromatic nitrogens is 3. The number of hydrogen-bond acceptors (Lipinski definition) is 5. The van der Waals surface area contributed by atoms with E-state index in [0.29, 0.717) is 23.6 Å². The highest BCUT2D eigenvalue weighted by Crippen LogP contribution is 2.31. The molecule has 0 radical (unpaired) electrons. The second kappa shape index (κ2) is 9.71. The average Bonchev–Trinajstić information content (AvgIpc) is 3.17. The van der Waals surface area contributed by atoms with Crippen molar-refractivity contribution in [3.63, 3.8) is 0 Å². The third-order valence-corrected chi connectivity index (χ3v) is 5.43. The summed E-state index contributed by atoms with van der Waals surface area (Å²) in [7, 11) is 0. The number of imidazole rings is 1. The van der Waals surface area contributed by atoms with Crippen molar-refractivity contribution in [1.82, 2.24) is 14.4 Å². The predicted octanol–water partition coefficient (Wildman–Crippen LogP) is 6.12. The fourth-order valence-electron chi connectivity index (χ4n) is 3.72. The number of hydrogen-bond donors (Lipinski definition) is 1. The van der Waals surface area contributed by atoms with Gasteiger partial charge in [0, 0.05) is 30.1 Å². The van der Waals surface area contributed by atoms with E-state index in [1.165, 1.54) is 29.5 Å². The minimum absolute atomic E-state index is 0.0195. The van der Waals surface area contributed by atoms with E-state index in [-0.39, 0.29) is 17.9 Å². The summed E-state index contributed by atoms with van der Waals surface area (Å²) in [6, 6.07) is 4.43. The number of anilines is 1. The van der Waals surface area contributed by atoms with E-state index >= 15 is 0 Å². The van der Waals surface area contributed by atoms with Crippen LogP contribution in [-0.4, -0.2) is 21.0 Å². The standard InChI is InChI=1S/C26H23F2N5O/c1-16(2)14-18-5-7-19(6-4-17(18)3)32-25-26-31-15-21(33(26)12-11-30-25)20-8-9-22(34-13-10-29)24(28)23(20)27/h4-5,7-9,11-12,15H,1,6,13-14H2,2-3H3,(H,30,32). The molecule has 172 valence electrons. The monoisotopic (exact) mass is 459 g/mol. The van der Waals surface area contributed by atoms with E-state index in [1.807, 2.05) is 13.0 Å². The summed E-state index contributed by atoms with van der Waals surface area (Å²) >= 11 is 0. The zero-order valence-corrected chi connectivity index (χ0v) is 18.9. The number of nitriles is 1. The zero-order chi connectivity index (χ0) is 24.2. The van der Waals surface area contributed by atoms with Crippen LogP contribution in [0, 0.1) is 23.0 Å². The molecule has 4 rings (SSSR count). The summed E-state index contributed by atoms with van der Waals surface area (Å²) in [5.41, 5.74) is 5.28. The molecule has 0 saturated heterocycles. The Morgan fingerprint density at radius 3 is 2.85 bits per heavy atom. The van der Waals surface area contributed by atoms with Gasteiger partial charge >= 0.3 is 0 Å². The van der Waals surface area contributed by atoms with Crippen LogP contribution in [-0.2, 0) is 0 Å². The van der Waals surface area contributed by atoms with Gasteiger partial charge in [0.05, 0.1) is 11.9 Å². The topological polar surface area (TPSA) is 75.2 Å². The van der Waals surface area contributed by atoms with E-state index in [9.17, 15) is 8.78 Å². The molecule has 0 fully saturated rings. The van der Waals surface area contributed by atoms with Gasteiger partial charge in [-0.15, -0.1) is 0 Å². The molecule has 2 aromatic heterocycles. The Bertz CT molecular complexity index is 1410. The molecule has 0 amide bonds. The lowest BCUT2D eigenvalue weighted by molar-refractivity contribution is 0.337. The van der Waals surface area contributed by atoms with Gasteiger partial charge in [0.15, 0.2) is 29.6 Å². The Hall–Kier alpha value is -4.25. The SMILES string of the molecule is C=C(C)CC1=CC=C(Nc2nccn3c(-c4ccc(OCC#N)c(F)c4F)cnc23)CC=C1C. The Labute approximate surface area is 196 Å². The molecule has 0 spiro atoms. The largest absolute Gasteiger partial charge is 0.476 e. The Morgan fingerprint density at radius 2 is 2.09 bits per heavy atom. The second-order valence-corrected chi connectivity index (χ2v) is 8.03. The van der Waals surface area contributed by atoms with Crippen LogP contribution in [0.15, 0.2) is 77.9 Å². The summed E-state index contributed by atoms with van der Waals surface area (Å²) in [5.74, 6) is -2.05. The van der Waals surface area contributed by atoms with Crippen molar-refractivity contribution < 1.29 is 13.5 Å². The first kappa shape index (κ1) is 22.9. The van der Waals surface area contributed by atoms with Crippen LogP contribution in [0.5, 0.6) is 5.75 Å². The van der Waals surface area contributed by atoms with E-state index in [4.69, 9.17) is 10.00 Å². The maximum Gasteiger partial charge on any atom is 0.201 e. The number of nitrogens with one attached hydrogen (secondary N) is 1. The fraction of sp³-hybridized carbons (Fsp3) is 0.192. The first-order chi connectivity index (χ1) is 16.4. The molecule has 1 N–H and O–H groups in total. The van der Waals surface area contributed by atoms with Crippen molar-refractivity contribution in [2.24, 2.45) is 0 Å². The smallest absolute Gasteiger partial charge is 0.201 e. The molecule has 2 heterocycles. The molecule has 0 saturated carbocycles. The number of ether oxygens (including phenoxy) is 1. The summed E-state index contributed by atoms with van der Waals surface area (Å²) in [6.45, 7) is 7.71. The molecule has 0 atom stereocenters. The van der Waals surface area contributed by atoms with Crippen LogP contribution in [0.25, 0.3) is 16.9 Å². The molecule has 1 aliphatic carbocycles. The van der Waals surface area contributed by atoms with Crippen LogP contribution in [0.3, 0.4) is 0 Å². The third kappa shape index (κ3) is 4.59. The van der Waals surface area contributed by atoms with Crippen LogP contribution in [0.4, 0.5) is 14.6 Å². The zero-order valence-electron chi connectivity index (χ0n) is 18.9. The van der Waals surface area contributed by atoms with E-state index < -0.39 is 11.6 Å². The quantitative estimate of drug-likeness (QED) is 0.431. The highest BCUT2D eigenvalue weighted by molar-refractivity contribution is 5.72. The first-order valence-corrected chi connectivity index (χ1v) is 10.7. The van der Waals surface area contributed by atoms with Crippen LogP contribution < -0.4 is 10.1 Å². The molecular weight excluding hydrogens is 436 g/mol. The molecule has 8 heteroatoms. The Morgan fingerprint density at radius 1 is 1.26 bits per heavy atom. The molecule has 0 bridgehead atoms. The third-order valence-electron chi connectivity index (χ3n) is 5.43. The first-order valence-electron chi connectivity index (χ1n) is 10.7. The predicted molar refractivity (Wildman–Crippen MR) is 127 cm³/mol. The van der Waals surface area contributed by atoms with Crippen LogP contribution in [0.1, 0.15) is 26.7 Å². The maximum atomic E-state index is 14.8. The van der Waals surface area contributed by atoms with Crippen LogP contribution in [0.2, 0.25) is 0 Å². The van der Waals surface area contributed by atoms with Gasteiger partial charge in [-0.2, -0.15) is 9.65 Å². The molecule has 6 nitrogen and oxygen atoms in total. The highest BCUT2D eigenvalue weighted by Gasteiger charge is 2.19. The normalized spacial score (nSPS) is 13.4. The van der Waals surface area contributed by atoms with Gasteiger partial charge < -0.3 is 10.1 Å². The van der Waals surface area contributed by atoms with Gasteiger partial charge in [0.25, 0.3) is 0 Å². The van der Waals surface area contributed by atoms with Crippen molar-refractivity contribution in [3.05, 3.63) is 89.6 Å². The summed E-state index contributed by atoms with van der Waals surface area (Å²) in [4.78, 5) is 8.80. The Kier molecular flexibility index (Phi) is 6.55. The molecular formula is C26H23F2N5O. The number of benzene rings is 1. The number of nitrogens with zero attached hydrogens (tertiary/aromatic N) is 4. The number of fused-ring (bicyclic) bond motifs is 1. The van der Waals surface area contributed by atoms with Gasteiger partial charge in [-0.3, -0.25) is 4.40 Å².